The van der Waals surface area contributed by atoms with E-state index in [2.05, 4.69) is 0 Å². The van der Waals surface area contributed by atoms with Gasteiger partial charge in [-0.15, -0.1) is 0 Å². The van der Waals surface area contributed by atoms with E-state index in [1.165, 1.54) is 12.1 Å². The molecular formula is C19H19FO2S. The van der Waals surface area contributed by atoms with Crippen molar-refractivity contribution in [3.8, 4) is 0 Å². The van der Waals surface area contributed by atoms with Crippen LogP contribution in [0.3, 0.4) is 0 Å². The lowest BCUT2D eigenvalue weighted by Gasteiger charge is -2.15. The number of hydrogen-bond donors (Lipinski definition) is 1. The first-order valence-electron chi connectivity index (χ1n) is 7.54. The minimum absolute atomic E-state index is 0.0768. The molecule has 0 saturated carbocycles. The number of benzene rings is 2. The maximum absolute atomic E-state index is 13.5. The summed E-state index contributed by atoms with van der Waals surface area (Å²) in [5.41, 5.74) is 4.95. The zero-order chi connectivity index (χ0) is 16.6. The van der Waals surface area contributed by atoms with Gasteiger partial charge in [0, 0.05) is 27.9 Å². The molecule has 23 heavy (non-hydrogen) atoms. The normalized spacial score (nSPS) is 18.2. The second kappa shape index (κ2) is 6.38. The minimum atomic E-state index is -0.978. The fourth-order valence-electron chi connectivity index (χ4n) is 3.28. The molecule has 2 atom stereocenters. The Balaban J connectivity index is 1.94. The van der Waals surface area contributed by atoms with Crippen molar-refractivity contribution in [2.24, 2.45) is 0 Å². The number of allylic oxidation sites excluding steroid dienone is 1. The second-order valence-corrected chi connectivity index (χ2v) is 7.29. The molecule has 0 radical (unpaired) electrons. The van der Waals surface area contributed by atoms with Gasteiger partial charge in [-0.2, -0.15) is 0 Å². The maximum atomic E-state index is 13.5. The Labute approximate surface area is 138 Å². The van der Waals surface area contributed by atoms with Gasteiger partial charge in [-0.25, -0.2) is 4.39 Å². The van der Waals surface area contributed by atoms with E-state index >= 15 is 0 Å². The van der Waals surface area contributed by atoms with Gasteiger partial charge in [0.05, 0.1) is 6.61 Å². The van der Waals surface area contributed by atoms with Crippen LogP contribution in [0.25, 0.3) is 5.57 Å². The van der Waals surface area contributed by atoms with Crippen LogP contribution in [0.15, 0.2) is 52.9 Å². The van der Waals surface area contributed by atoms with E-state index in [1.54, 1.807) is 6.26 Å². The Kier molecular flexibility index (Phi) is 4.46. The van der Waals surface area contributed by atoms with E-state index in [9.17, 15) is 13.7 Å². The lowest BCUT2D eigenvalue weighted by molar-refractivity contribution is 0.349. The molecule has 0 fully saturated rings. The van der Waals surface area contributed by atoms with Crippen LogP contribution in [0.1, 0.15) is 29.5 Å². The molecule has 2 aromatic rings. The van der Waals surface area contributed by atoms with E-state index in [-0.39, 0.29) is 18.3 Å². The Morgan fingerprint density at radius 2 is 1.87 bits per heavy atom. The number of aliphatic hydroxyl groups excluding tert-OH is 1. The summed E-state index contributed by atoms with van der Waals surface area (Å²) in [4.78, 5) is 0.811. The highest BCUT2D eigenvalue weighted by atomic mass is 32.2. The Morgan fingerprint density at radius 1 is 1.17 bits per heavy atom. The molecule has 1 N–H and O–H groups in total. The topological polar surface area (TPSA) is 37.3 Å². The first-order valence-corrected chi connectivity index (χ1v) is 9.09. The number of fused-ring (bicyclic) bond motifs is 1. The molecule has 0 aromatic heterocycles. The molecule has 1 aliphatic carbocycles. The molecule has 0 bridgehead atoms. The lowest BCUT2D eigenvalue weighted by Crippen LogP contribution is -2.02. The average molecular weight is 330 g/mol. The van der Waals surface area contributed by atoms with Gasteiger partial charge in [-0.1, -0.05) is 23.8 Å². The van der Waals surface area contributed by atoms with Gasteiger partial charge in [0.1, 0.15) is 5.82 Å². The molecule has 0 aliphatic heterocycles. The predicted octanol–water partition coefficient (Wildman–Crippen LogP) is 3.67. The SMILES string of the molecule is CC1=C(CO)c2cc(F)ccc2C1Cc1ccc(S(C)=O)cc1. The Bertz CT molecular complexity index is 794. The summed E-state index contributed by atoms with van der Waals surface area (Å²) in [6.45, 7) is 1.93. The number of hydrogen-bond acceptors (Lipinski definition) is 2. The smallest absolute Gasteiger partial charge is 0.123 e. The molecule has 0 heterocycles. The van der Waals surface area contributed by atoms with Crippen molar-refractivity contribution in [3.63, 3.8) is 0 Å². The standard InChI is InChI=1S/C19H19FO2S/c1-12-17(9-13-3-6-15(7-4-13)23(2)22)16-8-5-14(20)10-18(16)19(12)11-21/h3-8,10,17,21H,9,11H2,1-2H3. The highest BCUT2D eigenvalue weighted by molar-refractivity contribution is 7.84. The van der Waals surface area contributed by atoms with Gasteiger partial charge in [0.15, 0.2) is 0 Å². The first kappa shape index (κ1) is 16.1. The summed E-state index contributed by atoms with van der Waals surface area (Å²) in [6, 6.07) is 12.6. The fourth-order valence-corrected chi connectivity index (χ4v) is 3.79. The van der Waals surface area contributed by atoms with E-state index in [1.807, 2.05) is 37.3 Å². The third-order valence-corrected chi connectivity index (χ3v) is 5.50. The molecule has 0 saturated heterocycles. The van der Waals surface area contributed by atoms with Crippen LogP contribution in [0.2, 0.25) is 0 Å². The fraction of sp³-hybridized carbons (Fsp3) is 0.263. The van der Waals surface area contributed by atoms with E-state index in [0.717, 1.165) is 39.2 Å². The zero-order valence-electron chi connectivity index (χ0n) is 13.2. The van der Waals surface area contributed by atoms with Crippen LogP contribution >= 0.6 is 0 Å². The number of aliphatic hydroxyl groups is 1. The summed E-state index contributed by atoms with van der Waals surface area (Å²) >= 11 is 0. The predicted molar refractivity (Wildman–Crippen MR) is 91.3 cm³/mol. The molecule has 2 aromatic carbocycles. The van der Waals surface area contributed by atoms with Gasteiger partial charge < -0.3 is 5.11 Å². The molecule has 2 unspecified atom stereocenters. The molecule has 1 aliphatic rings. The van der Waals surface area contributed by atoms with Gasteiger partial charge in [0.2, 0.25) is 0 Å². The van der Waals surface area contributed by atoms with Gasteiger partial charge >= 0.3 is 0 Å². The van der Waals surface area contributed by atoms with Gasteiger partial charge in [-0.05, 0) is 59.9 Å². The van der Waals surface area contributed by atoms with Crippen LogP contribution in [0.4, 0.5) is 4.39 Å². The third-order valence-electron chi connectivity index (χ3n) is 4.57. The van der Waals surface area contributed by atoms with E-state index < -0.39 is 10.8 Å². The molecule has 0 amide bonds. The van der Waals surface area contributed by atoms with Crippen LogP contribution in [0, 0.1) is 5.82 Å². The summed E-state index contributed by atoms with van der Waals surface area (Å²) in [5, 5.41) is 9.64. The Hall–Kier alpha value is -1.78. The van der Waals surface area contributed by atoms with Crippen molar-refractivity contribution < 1.29 is 13.7 Å². The van der Waals surface area contributed by atoms with E-state index in [4.69, 9.17) is 0 Å². The summed E-state index contributed by atoms with van der Waals surface area (Å²) in [5.74, 6) is -0.136. The van der Waals surface area contributed by atoms with Gasteiger partial charge in [-0.3, -0.25) is 4.21 Å². The largest absolute Gasteiger partial charge is 0.392 e. The zero-order valence-corrected chi connectivity index (χ0v) is 14.0. The molecule has 2 nitrogen and oxygen atoms in total. The van der Waals surface area contributed by atoms with Crippen molar-refractivity contribution in [2.75, 3.05) is 12.9 Å². The van der Waals surface area contributed by atoms with Crippen molar-refractivity contribution in [2.45, 2.75) is 24.2 Å². The first-order chi connectivity index (χ1) is 11.0. The van der Waals surface area contributed by atoms with Crippen molar-refractivity contribution in [1.29, 1.82) is 0 Å². The van der Waals surface area contributed by atoms with Crippen LogP contribution in [-0.4, -0.2) is 22.2 Å². The monoisotopic (exact) mass is 330 g/mol. The highest BCUT2D eigenvalue weighted by Crippen LogP contribution is 2.43. The quantitative estimate of drug-likeness (QED) is 0.929. The summed E-state index contributed by atoms with van der Waals surface area (Å²) in [6.07, 6.45) is 2.45. The highest BCUT2D eigenvalue weighted by Gasteiger charge is 2.28. The summed E-state index contributed by atoms with van der Waals surface area (Å²) < 4.78 is 25.0. The minimum Gasteiger partial charge on any atom is -0.392 e. The molecule has 4 heteroatoms. The van der Waals surface area contributed by atoms with E-state index in [0.29, 0.717) is 0 Å². The molecule has 120 valence electrons. The molecular weight excluding hydrogens is 311 g/mol. The van der Waals surface area contributed by atoms with Crippen molar-refractivity contribution in [3.05, 3.63) is 70.5 Å². The van der Waals surface area contributed by atoms with Crippen LogP contribution in [-0.2, 0) is 17.2 Å². The number of rotatable bonds is 4. The van der Waals surface area contributed by atoms with Gasteiger partial charge in [0.25, 0.3) is 0 Å². The Morgan fingerprint density at radius 3 is 2.48 bits per heavy atom. The van der Waals surface area contributed by atoms with Crippen molar-refractivity contribution in [1.82, 2.24) is 0 Å². The second-order valence-electron chi connectivity index (χ2n) is 5.91. The number of halogens is 1. The lowest BCUT2D eigenvalue weighted by atomic mass is 9.90. The van der Waals surface area contributed by atoms with Crippen LogP contribution in [0.5, 0.6) is 0 Å². The maximum Gasteiger partial charge on any atom is 0.123 e. The molecule has 0 spiro atoms. The van der Waals surface area contributed by atoms with Crippen LogP contribution < -0.4 is 0 Å². The van der Waals surface area contributed by atoms with Crippen molar-refractivity contribution >= 4 is 16.4 Å². The molecule has 3 rings (SSSR count). The average Bonchev–Trinajstić information content (AvgIpc) is 2.79. The third kappa shape index (κ3) is 3.01. The summed E-state index contributed by atoms with van der Waals surface area (Å²) in [7, 11) is -0.978.